The molecule has 0 aliphatic heterocycles. The van der Waals surface area contributed by atoms with E-state index in [4.69, 9.17) is 0 Å². The smallest absolute Gasteiger partial charge is 0 e. The molecule has 0 atom stereocenters. The van der Waals surface area contributed by atoms with E-state index in [-0.39, 0.29) is 19.5 Å². The molecule has 0 N–H and O–H groups in total. The van der Waals surface area contributed by atoms with Gasteiger partial charge < -0.3 is 0 Å². The molecule has 0 nitrogen and oxygen atoms in total. The molecule has 0 fully saturated rings. The van der Waals surface area contributed by atoms with Gasteiger partial charge in [0.15, 0.2) is 0 Å². The van der Waals surface area contributed by atoms with Crippen molar-refractivity contribution in [3.05, 3.63) is 182 Å². The summed E-state index contributed by atoms with van der Waals surface area (Å²) < 4.78 is 0. The molecular formula is C36H30P2Zn. The van der Waals surface area contributed by atoms with Gasteiger partial charge in [-0.15, -0.1) is 0 Å². The van der Waals surface area contributed by atoms with Crippen LogP contribution in [0.25, 0.3) is 0 Å². The zero-order chi connectivity index (χ0) is 25.8. The van der Waals surface area contributed by atoms with E-state index < -0.39 is 15.8 Å². The van der Waals surface area contributed by atoms with E-state index >= 15 is 0 Å². The van der Waals surface area contributed by atoms with Gasteiger partial charge in [0.2, 0.25) is 0 Å². The number of hydrogen-bond donors (Lipinski definition) is 0. The van der Waals surface area contributed by atoms with Gasteiger partial charge in [0.1, 0.15) is 0 Å². The predicted octanol–water partition coefficient (Wildman–Crippen LogP) is 6.89. The summed E-state index contributed by atoms with van der Waals surface area (Å²) >= 11 is 0. The molecule has 0 aromatic heterocycles. The maximum absolute atomic E-state index is 2.23. The van der Waals surface area contributed by atoms with Crippen LogP contribution in [0.5, 0.6) is 0 Å². The van der Waals surface area contributed by atoms with Gasteiger partial charge in [0.25, 0.3) is 0 Å². The molecule has 0 heterocycles. The molecule has 39 heavy (non-hydrogen) atoms. The first kappa shape index (κ1) is 28.8. The SMILES string of the molecule is [Zn].c1ccc(P(c2ccccc2)c2ccccc2)cc1.c1ccc(P(c2ccccc2)c2ccccc2)cc1. The van der Waals surface area contributed by atoms with Crippen molar-refractivity contribution in [3.8, 4) is 0 Å². The van der Waals surface area contributed by atoms with Crippen LogP contribution in [0.15, 0.2) is 182 Å². The molecule has 0 aliphatic carbocycles. The molecule has 0 aliphatic rings. The molecule has 0 unspecified atom stereocenters. The molecule has 0 amide bonds. The first-order valence-corrected chi connectivity index (χ1v) is 15.5. The van der Waals surface area contributed by atoms with Crippen LogP contribution in [0.2, 0.25) is 0 Å². The van der Waals surface area contributed by atoms with E-state index in [0.717, 1.165) is 0 Å². The van der Waals surface area contributed by atoms with E-state index in [1.807, 2.05) is 0 Å². The van der Waals surface area contributed by atoms with Crippen LogP contribution in [0.3, 0.4) is 0 Å². The van der Waals surface area contributed by atoms with Crippen molar-refractivity contribution in [2.45, 2.75) is 0 Å². The van der Waals surface area contributed by atoms with Crippen molar-refractivity contribution < 1.29 is 19.5 Å². The maximum Gasteiger partial charge on any atom is 0 e. The quantitative estimate of drug-likeness (QED) is 0.147. The van der Waals surface area contributed by atoms with E-state index in [9.17, 15) is 0 Å². The molecule has 0 saturated heterocycles. The van der Waals surface area contributed by atoms with E-state index in [2.05, 4.69) is 182 Å². The van der Waals surface area contributed by atoms with Crippen molar-refractivity contribution >= 4 is 47.7 Å². The Morgan fingerprint density at radius 2 is 0.333 bits per heavy atom. The Morgan fingerprint density at radius 3 is 0.462 bits per heavy atom. The van der Waals surface area contributed by atoms with Crippen LogP contribution in [0, 0.1) is 0 Å². The van der Waals surface area contributed by atoms with Gasteiger partial charge in [-0.3, -0.25) is 0 Å². The minimum Gasteiger partial charge on any atom is -0.0622 e. The summed E-state index contributed by atoms with van der Waals surface area (Å²) in [5.41, 5.74) is 0. The van der Waals surface area contributed by atoms with Gasteiger partial charge >= 0.3 is 0 Å². The Hall–Kier alpha value is -3.20. The average molecular weight is 590 g/mol. The Bertz CT molecular complexity index is 1170. The van der Waals surface area contributed by atoms with Crippen LogP contribution in [0.4, 0.5) is 0 Å². The van der Waals surface area contributed by atoms with Crippen molar-refractivity contribution in [1.29, 1.82) is 0 Å². The predicted molar refractivity (Wildman–Crippen MR) is 170 cm³/mol. The third-order valence-corrected chi connectivity index (χ3v) is 11.0. The fraction of sp³-hybridized carbons (Fsp3) is 0. The van der Waals surface area contributed by atoms with Crippen molar-refractivity contribution in [2.75, 3.05) is 0 Å². The summed E-state index contributed by atoms with van der Waals surface area (Å²) in [6.07, 6.45) is 0. The molecular weight excluding hydrogens is 560 g/mol. The molecule has 0 saturated carbocycles. The summed E-state index contributed by atoms with van der Waals surface area (Å²) in [6.45, 7) is 0. The van der Waals surface area contributed by atoms with Crippen LogP contribution in [0.1, 0.15) is 0 Å². The van der Waals surface area contributed by atoms with Crippen LogP contribution >= 0.6 is 15.8 Å². The van der Waals surface area contributed by atoms with Gasteiger partial charge in [-0.2, -0.15) is 0 Å². The van der Waals surface area contributed by atoms with Gasteiger partial charge in [-0.05, 0) is 47.7 Å². The Morgan fingerprint density at radius 1 is 0.205 bits per heavy atom. The second kappa shape index (κ2) is 15.4. The summed E-state index contributed by atoms with van der Waals surface area (Å²) in [7, 11) is -0.892. The molecule has 0 radical (unpaired) electrons. The molecule has 0 spiro atoms. The zero-order valence-electron chi connectivity index (χ0n) is 21.9. The molecule has 6 aromatic rings. The normalized spacial score (nSPS) is 10.3. The maximum atomic E-state index is 2.23. The summed E-state index contributed by atoms with van der Waals surface area (Å²) in [6, 6.07) is 64.7. The van der Waals surface area contributed by atoms with Gasteiger partial charge in [-0.25, -0.2) is 0 Å². The van der Waals surface area contributed by atoms with E-state index in [1.165, 1.54) is 31.8 Å². The van der Waals surface area contributed by atoms with Gasteiger partial charge in [-0.1, -0.05) is 182 Å². The van der Waals surface area contributed by atoms with Crippen LogP contribution in [-0.4, -0.2) is 0 Å². The first-order chi connectivity index (χ1) is 18.9. The summed E-state index contributed by atoms with van der Waals surface area (Å²) in [5, 5.41) is 8.39. The van der Waals surface area contributed by atoms with E-state index in [1.54, 1.807) is 0 Å². The largest absolute Gasteiger partial charge is 0.0622 e. The number of rotatable bonds is 6. The summed E-state index contributed by atoms with van der Waals surface area (Å²) in [5.74, 6) is 0. The van der Waals surface area contributed by atoms with Gasteiger partial charge in [0.05, 0.1) is 0 Å². The van der Waals surface area contributed by atoms with E-state index in [0.29, 0.717) is 0 Å². The Labute approximate surface area is 248 Å². The standard InChI is InChI=1S/2C18H15P.Zn/c2*1-4-10-16(11-5-1)19(17-12-6-2-7-13-17)18-14-8-3-9-15-18;/h2*1-15H;. The third-order valence-electron chi connectivity index (χ3n) is 6.09. The number of hydrogen-bond acceptors (Lipinski definition) is 0. The average Bonchev–Trinajstić information content (AvgIpc) is 3.01. The molecule has 186 valence electrons. The second-order valence-corrected chi connectivity index (χ2v) is 13.1. The second-order valence-electron chi connectivity index (χ2n) is 8.68. The van der Waals surface area contributed by atoms with Crippen LogP contribution in [-0.2, 0) is 19.5 Å². The zero-order valence-corrected chi connectivity index (χ0v) is 26.7. The number of benzene rings is 6. The minimum absolute atomic E-state index is 0. The molecule has 6 aromatic carbocycles. The van der Waals surface area contributed by atoms with Crippen molar-refractivity contribution in [3.63, 3.8) is 0 Å². The minimum atomic E-state index is -0.446. The first-order valence-electron chi connectivity index (χ1n) is 12.8. The van der Waals surface area contributed by atoms with Crippen molar-refractivity contribution in [1.82, 2.24) is 0 Å². The monoisotopic (exact) mass is 588 g/mol. The Kier molecular flexibility index (Phi) is 11.4. The van der Waals surface area contributed by atoms with Crippen LogP contribution < -0.4 is 31.8 Å². The fourth-order valence-electron chi connectivity index (χ4n) is 4.36. The fourth-order valence-corrected chi connectivity index (χ4v) is 8.97. The molecule has 0 bridgehead atoms. The van der Waals surface area contributed by atoms with Crippen molar-refractivity contribution in [2.24, 2.45) is 0 Å². The summed E-state index contributed by atoms with van der Waals surface area (Å²) in [4.78, 5) is 0. The molecule has 3 heteroatoms. The third kappa shape index (κ3) is 7.91. The topological polar surface area (TPSA) is 0 Å². The molecule has 6 rings (SSSR count). The Balaban J connectivity index is 0.000000176. The van der Waals surface area contributed by atoms with Gasteiger partial charge in [0, 0.05) is 19.5 Å².